The molecule has 1 unspecified atom stereocenters. The van der Waals surface area contributed by atoms with E-state index in [0.717, 1.165) is 15.7 Å². The minimum Gasteiger partial charge on any atom is -0.383 e. The number of halogens is 2. The summed E-state index contributed by atoms with van der Waals surface area (Å²) < 4.78 is 7.87. The van der Waals surface area contributed by atoms with Gasteiger partial charge in [-0.15, -0.1) is 0 Å². The van der Waals surface area contributed by atoms with Crippen molar-refractivity contribution in [2.45, 2.75) is 12.6 Å². The van der Waals surface area contributed by atoms with Crippen LogP contribution >= 0.6 is 27.5 Å². The first-order valence-corrected chi connectivity index (χ1v) is 7.26. The number of hydrazine groups is 1. The molecule has 1 atom stereocenters. The van der Waals surface area contributed by atoms with Gasteiger partial charge in [0.05, 0.1) is 36.1 Å². The van der Waals surface area contributed by atoms with E-state index in [2.05, 4.69) is 26.5 Å². The fourth-order valence-electron chi connectivity index (χ4n) is 2.03. The second kappa shape index (κ2) is 7.19. The molecule has 20 heavy (non-hydrogen) atoms. The van der Waals surface area contributed by atoms with Crippen LogP contribution in [0.5, 0.6) is 0 Å². The predicted molar refractivity (Wildman–Crippen MR) is 82.4 cm³/mol. The first-order valence-electron chi connectivity index (χ1n) is 6.09. The molecule has 2 aromatic rings. The van der Waals surface area contributed by atoms with E-state index in [4.69, 9.17) is 22.2 Å². The van der Waals surface area contributed by atoms with Crippen molar-refractivity contribution >= 4 is 27.5 Å². The highest BCUT2D eigenvalue weighted by Crippen LogP contribution is 2.29. The number of aromatic nitrogens is 2. The summed E-state index contributed by atoms with van der Waals surface area (Å²) in [6.07, 6.45) is 1.62. The highest BCUT2D eigenvalue weighted by Gasteiger charge is 2.21. The third-order valence-electron chi connectivity index (χ3n) is 2.96. The fourth-order valence-corrected chi connectivity index (χ4v) is 2.70. The van der Waals surface area contributed by atoms with Gasteiger partial charge in [-0.05, 0) is 17.7 Å². The van der Waals surface area contributed by atoms with E-state index < -0.39 is 0 Å². The molecule has 1 aromatic carbocycles. The van der Waals surface area contributed by atoms with E-state index >= 15 is 0 Å². The zero-order valence-corrected chi connectivity index (χ0v) is 13.4. The lowest BCUT2D eigenvalue weighted by Crippen LogP contribution is -2.31. The van der Waals surface area contributed by atoms with Crippen molar-refractivity contribution < 1.29 is 4.74 Å². The normalized spacial score (nSPS) is 12.6. The van der Waals surface area contributed by atoms with Gasteiger partial charge in [0.15, 0.2) is 0 Å². The maximum atomic E-state index is 6.26. The number of hydrogen-bond donors (Lipinski definition) is 2. The molecule has 2 rings (SSSR count). The van der Waals surface area contributed by atoms with Crippen LogP contribution in [0.15, 0.2) is 34.9 Å². The van der Waals surface area contributed by atoms with Crippen LogP contribution in [0.2, 0.25) is 5.02 Å². The van der Waals surface area contributed by atoms with E-state index in [1.54, 1.807) is 18.0 Å². The molecule has 0 spiro atoms. The number of nitrogens with zero attached hydrogens (tertiary/aromatic N) is 2. The first kappa shape index (κ1) is 15.5. The number of hydrogen-bond acceptors (Lipinski definition) is 4. The molecule has 0 saturated heterocycles. The van der Waals surface area contributed by atoms with Crippen LogP contribution < -0.4 is 11.3 Å². The Balaban J connectivity index is 2.38. The van der Waals surface area contributed by atoms with E-state index in [1.165, 1.54) is 0 Å². The van der Waals surface area contributed by atoms with Crippen LogP contribution in [0, 0.1) is 0 Å². The standard InChI is InChI=1S/C13H16BrClN4O/c1-20-6-5-19-13(11(15)8-17-19)12(18-16)9-3-2-4-10(14)7-9/h2-4,7-8,12,18H,5-6,16H2,1H3. The maximum absolute atomic E-state index is 6.26. The van der Waals surface area contributed by atoms with Crippen molar-refractivity contribution in [2.75, 3.05) is 13.7 Å². The molecule has 0 fully saturated rings. The van der Waals surface area contributed by atoms with Crippen molar-refractivity contribution in [1.29, 1.82) is 0 Å². The minimum absolute atomic E-state index is 0.237. The smallest absolute Gasteiger partial charge is 0.0893 e. The molecular weight excluding hydrogens is 344 g/mol. The molecule has 3 N–H and O–H groups in total. The molecule has 1 heterocycles. The van der Waals surface area contributed by atoms with E-state index in [9.17, 15) is 0 Å². The molecule has 108 valence electrons. The number of methoxy groups -OCH3 is 1. The highest BCUT2D eigenvalue weighted by molar-refractivity contribution is 9.10. The van der Waals surface area contributed by atoms with Crippen LogP contribution in [0.1, 0.15) is 17.3 Å². The Morgan fingerprint density at radius 1 is 1.55 bits per heavy atom. The molecular formula is C13H16BrClN4O. The SMILES string of the molecule is COCCn1ncc(Cl)c1C(NN)c1cccc(Br)c1. The third-order valence-corrected chi connectivity index (χ3v) is 3.75. The number of nitrogens with one attached hydrogen (secondary N) is 1. The summed E-state index contributed by atoms with van der Waals surface area (Å²) in [5, 5.41) is 4.84. The van der Waals surface area contributed by atoms with Gasteiger partial charge in [-0.2, -0.15) is 5.10 Å². The lowest BCUT2D eigenvalue weighted by molar-refractivity contribution is 0.182. The monoisotopic (exact) mass is 358 g/mol. The van der Waals surface area contributed by atoms with Gasteiger partial charge in [0.2, 0.25) is 0 Å². The molecule has 0 aliphatic heterocycles. The molecule has 0 aliphatic carbocycles. The van der Waals surface area contributed by atoms with Crippen LogP contribution in [0.4, 0.5) is 0 Å². The maximum Gasteiger partial charge on any atom is 0.0893 e. The minimum atomic E-state index is -0.237. The van der Waals surface area contributed by atoms with E-state index in [-0.39, 0.29) is 6.04 Å². The summed E-state index contributed by atoms with van der Waals surface area (Å²) in [6, 6.07) is 7.65. The lowest BCUT2D eigenvalue weighted by atomic mass is 10.0. The van der Waals surface area contributed by atoms with E-state index in [1.807, 2.05) is 24.3 Å². The molecule has 0 amide bonds. The van der Waals surface area contributed by atoms with E-state index in [0.29, 0.717) is 18.2 Å². The average Bonchev–Trinajstić information content (AvgIpc) is 2.79. The van der Waals surface area contributed by atoms with Gasteiger partial charge in [-0.1, -0.05) is 39.7 Å². The van der Waals surface area contributed by atoms with Gasteiger partial charge in [0.25, 0.3) is 0 Å². The summed E-state index contributed by atoms with van der Waals surface area (Å²) in [6.45, 7) is 1.17. The summed E-state index contributed by atoms with van der Waals surface area (Å²) in [7, 11) is 1.65. The Labute approximate surface area is 131 Å². The zero-order valence-electron chi connectivity index (χ0n) is 11.0. The van der Waals surface area contributed by atoms with Crippen molar-refractivity contribution in [3.8, 4) is 0 Å². The molecule has 0 radical (unpaired) electrons. The van der Waals surface area contributed by atoms with Crippen molar-refractivity contribution in [1.82, 2.24) is 15.2 Å². The van der Waals surface area contributed by atoms with Gasteiger partial charge in [0.1, 0.15) is 0 Å². The Hall–Kier alpha value is -0.920. The van der Waals surface area contributed by atoms with Gasteiger partial charge >= 0.3 is 0 Å². The largest absolute Gasteiger partial charge is 0.383 e. The quantitative estimate of drug-likeness (QED) is 0.614. The molecule has 0 saturated carbocycles. The summed E-state index contributed by atoms with van der Waals surface area (Å²) >= 11 is 9.71. The number of benzene rings is 1. The van der Waals surface area contributed by atoms with Crippen molar-refractivity contribution in [3.63, 3.8) is 0 Å². The van der Waals surface area contributed by atoms with Crippen LogP contribution in [0.3, 0.4) is 0 Å². The second-order valence-electron chi connectivity index (χ2n) is 4.25. The Morgan fingerprint density at radius 3 is 3.00 bits per heavy atom. The number of ether oxygens (including phenoxy) is 1. The van der Waals surface area contributed by atoms with Crippen molar-refractivity contribution in [2.24, 2.45) is 5.84 Å². The Kier molecular flexibility index (Phi) is 5.56. The zero-order chi connectivity index (χ0) is 14.5. The van der Waals surface area contributed by atoms with Gasteiger partial charge in [-0.3, -0.25) is 10.5 Å². The molecule has 1 aromatic heterocycles. The Bertz CT molecular complexity index is 575. The van der Waals surface area contributed by atoms with Crippen LogP contribution in [-0.2, 0) is 11.3 Å². The summed E-state index contributed by atoms with van der Waals surface area (Å²) in [5.41, 5.74) is 4.62. The Morgan fingerprint density at radius 2 is 2.35 bits per heavy atom. The fraction of sp³-hybridized carbons (Fsp3) is 0.308. The molecule has 5 nitrogen and oxygen atoms in total. The first-order chi connectivity index (χ1) is 9.67. The van der Waals surface area contributed by atoms with Crippen LogP contribution in [-0.4, -0.2) is 23.5 Å². The predicted octanol–water partition coefficient (Wildman–Crippen LogP) is 2.50. The van der Waals surface area contributed by atoms with Gasteiger partial charge in [0, 0.05) is 11.6 Å². The average molecular weight is 360 g/mol. The van der Waals surface area contributed by atoms with Crippen molar-refractivity contribution in [3.05, 3.63) is 51.2 Å². The van der Waals surface area contributed by atoms with Crippen LogP contribution in [0.25, 0.3) is 0 Å². The summed E-state index contributed by atoms with van der Waals surface area (Å²) in [4.78, 5) is 0. The number of rotatable bonds is 6. The molecule has 0 aliphatic rings. The molecule has 7 heteroatoms. The van der Waals surface area contributed by atoms with Gasteiger partial charge in [-0.25, -0.2) is 5.43 Å². The lowest BCUT2D eigenvalue weighted by Gasteiger charge is -2.19. The highest BCUT2D eigenvalue weighted by atomic mass is 79.9. The molecule has 0 bridgehead atoms. The third kappa shape index (κ3) is 3.39. The van der Waals surface area contributed by atoms with Gasteiger partial charge < -0.3 is 4.74 Å². The topological polar surface area (TPSA) is 65.1 Å². The second-order valence-corrected chi connectivity index (χ2v) is 5.57. The summed E-state index contributed by atoms with van der Waals surface area (Å²) in [5.74, 6) is 5.72. The number of nitrogens with two attached hydrogens (primary N) is 1.